The van der Waals surface area contributed by atoms with Gasteiger partial charge in [0.05, 0.1) is 5.56 Å². The van der Waals surface area contributed by atoms with Gasteiger partial charge in [-0.3, -0.25) is 0 Å². The molecule has 0 N–H and O–H groups in total. The third-order valence-electron chi connectivity index (χ3n) is 3.09. The van der Waals surface area contributed by atoms with E-state index >= 15 is 0 Å². The van der Waals surface area contributed by atoms with Crippen molar-refractivity contribution in [1.29, 1.82) is 5.26 Å². The minimum absolute atomic E-state index is 0.387. The smallest absolute Gasteiger partial charge is 0.145 e. The van der Waals surface area contributed by atoms with E-state index in [0.717, 1.165) is 22.4 Å². The summed E-state index contributed by atoms with van der Waals surface area (Å²) in [5.74, 6) is 1.72. The first-order valence-corrected chi connectivity index (χ1v) is 6.52. The van der Waals surface area contributed by atoms with Crippen LogP contribution in [0.1, 0.15) is 22.3 Å². The van der Waals surface area contributed by atoms with Gasteiger partial charge in [-0.15, -0.1) is 11.6 Å². The van der Waals surface area contributed by atoms with Crippen LogP contribution in [-0.4, -0.2) is 0 Å². The number of nitriles is 1. The molecule has 0 fully saturated rings. The minimum Gasteiger partial charge on any atom is -0.456 e. The topological polar surface area (TPSA) is 33.0 Å². The molecule has 0 bridgehead atoms. The molecule has 2 nitrogen and oxygen atoms in total. The predicted molar refractivity (Wildman–Crippen MR) is 76.7 cm³/mol. The maximum absolute atomic E-state index is 9.17. The molecule has 0 aliphatic rings. The average Bonchev–Trinajstić information content (AvgIpc) is 2.44. The number of nitrogens with zero attached hydrogens (tertiary/aromatic N) is 1. The van der Waals surface area contributed by atoms with Crippen LogP contribution in [0, 0.1) is 25.2 Å². The van der Waals surface area contributed by atoms with Gasteiger partial charge in [0, 0.05) is 5.88 Å². The van der Waals surface area contributed by atoms with Crippen LogP contribution in [0.25, 0.3) is 0 Å². The van der Waals surface area contributed by atoms with Gasteiger partial charge >= 0.3 is 0 Å². The molecule has 2 rings (SSSR count). The Kier molecular flexibility index (Phi) is 4.09. The SMILES string of the molecule is Cc1cccc(Oc2ccc(CCl)cc2C#N)c1C. The molecule has 0 aliphatic heterocycles. The molecule has 0 atom stereocenters. The number of hydrogen-bond donors (Lipinski definition) is 0. The van der Waals surface area contributed by atoms with Crippen molar-refractivity contribution in [2.45, 2.75) is 19.7 Å². The van der Waals surface area contributed by atoms with Crippen LogP contribution in [0.4, 0.5) is 0 Å². The van der Waals surface area contributed by atoms with Crippen molar-refractivity contribution < 1.29 is 4.74 Å². The Morgan fingerprint density at radius 1 is 1.16 bits per heavy atom. The van der Waals surface area contributed by atoms with Gasteiger partial charge in [0.1, 0.15) is 17.6 Å². The van der Waals surface area contributed by atoms with E-state index in [1.54, 1.807) is 12.1 Å². The summed E-state index contributed by atoms with van der Waals surface area (Å²) in [6, 6.07) is 13.4. The molecule has 0 spiro atoms. The summed E-state index contributed by atoms with van der Waals surface area (Å²) in [7, 11) is 0. The fourth-order valence-corrected chi connectivity index (χ4v) is 1.96. The molecule has 0 heterocycles. The molecule has 0 radical (unpaired) electrons. The average molecular weight is 272 g/mol. The molecule has 0 unspecified atom stereocenters. The number of ether oxygens (including phenoxy) is 1. The number of rotatable bonds is 3. The number of alkyl halides is 1. The Labute approximate surface area is 118 Å². The highest BCUT2D eigenvalue weighted by Gasteiger charge is 2.08. The lowest BCUT2D eigenvalue weighted by molar-refractivity contribution is 0.476. The summed E-state index contributed by atoms with van der Waals surface area (Å²) in [6.07, 6.45) is 0. The van der Waals surface area contributed by atoms with Gasteiger partial charge in [-0.05, 0) is 48.7 Å². The fraction of sp³-hybridized carbons (Fsp3) is 0.188. The lowest BCUT2D eigenvalue weighted by Gasteiger charge is -2.12. The first-order valence-electron chi connectivity index (χ1n) is 5.98. The van der Waals surface area contributed by atoms with Crippen molar-refractivity contribution in [2.24, 2.45) is 0 Å². The Morgan fingerprint density at radius 3 is 2.63 bits per heavy atom. The maximum atomic E-state index is 9.17. The number of benzene rings is 2. The van der Waals surface area contributed by atoms with Crippen LogP contribution in [0.5, 0.6) is 11.5 Å². The zero-order valence-corrected chi connectivity index (χ0v) is 11.7. The molecule has 96 valence electrons. The van der Waals surface area contributed by atoms with Crippen LogP contribution in [0.2, 0.25) is 0 Å². The van der Waals surface area contributed by atoms with Gasteiger partial charge in [-0.2, -0.15) is 5.26 Å². The second kappa shape index (κ2) is 5.77. The first kappa shape index (κ1) is 13.5. The molecule has 0 saturated heterocycles. The van der Waals surface area contributed by atoms with Crippen molar-refractivity contribution in [1.82, 2.24) is 0 Å². The predicted octanol–water partition coefficient (Wildman–Crippen LogP) is 4.71. The molecule has 0 aliphatic carbocycles. The molecular formula is C16H14ClNO. The molecule has 2 aromatic rings. The number of halogens is 1. The highest BCUT2D eigenvalue weighted by molar-refractivity contribution is 6.17. The van der Waals surface area contributed by atoms with Crippen LogP contribution in [0.3, 0.4) is 0 Å². The van der Waals surface area contributed by atoms with Crippen molar-refractivity contribution in [3.8, 4) is 17.6 Å². The molecule has 0 amide bonds. The summed E-state index contributed by atoms with van der Waals surface area (Å²) >= 11 is 5.76. The third-order valence-corrected chi connectivity index (χ3v) is 3.40. The molecule has 0 aromatic heterocycles. The monoisotopic (exact) mass is 271 g/mol. The highest BCUT2D eigenvalue weighted by Crippen LogP contribution is 2.29. The van der Waals surface area contributed by atoms with Crippen LogP contribution in [0.15, 0.2) is 36.4 Å². The van der Waals surface area contributed by atoms with E-state index in [9.17, 15) is 0 Å². The largest absolute Gasteiger partial charge is 0.456 e. The van der Waals surface area contributed by atoms with E-state index in [0.29, 0.717) is 17.2 Å². The quantitative estimate of drug-likeness (QED) is 0.758. The molecule has 19 heavy (non-hydrogen) atoms. The van der Waals surface area contributed by atoms with E-state index in [1.165, 1.54) is 0 Å². The molecule has 3 heteroatoms. The second-order valence-corrected chi connectivity index (χ2v) is 4.64. The van der Waals surface area contributed by atoms with Crippen molar-refractivity contribution >= 4 is 11.6 Å². The summed E-state index contributed by atoms with van der Waals surface area (Å²) in [4.78, 5) is 0. The van der Waals surface area contributed by atoms with E-state index in [4.69, 9.17) is 21.6 Å². The summed E-state index contributed by atoms with van der Waals surface area (Å²) in [6.45, 7) is 4.04. The van der Waals surface area contributed by atoms with Gasteiger partial charge < -0.3 is 4.74 Å². The van der Waals surface area contributed by atoms with Crippen LogP contribution in [-0.2, 0) is 5.88 Å². The lowest BCUT2D eigenvalue weighted by atomic mass is 10.1. The molecule has 0 saturated carbocycles. The van der Waals surface area contributed by atoms with Crippen LogP contribution >= 0.6 is 11.6 Å². The van der Waals surface area contributed by atoms with Crippen molar-refractivity contribution in [3.63, 3.8) is 0 Å². The van der Waals surface area contributed by atoms with Gasteiger partial charge in [0.2, 0.25) is 0 Å². The number of hydrogen-bond acceptors (Lipinski definition) is 2. The normalized spacial score (nSPS) is 10.0. The minimum atomic E-state index is 0.387. The zero-order chi connectivity index (χ0) is 13.8. The third kappa shape index (κ3) is 2.89. The van der Waals surface area contributed by atoms with Crippen molar-refractivity contribution in [3.05, 3.63) is 58.7 Å². The molecule has 2 aromatic carbocycles. The number of aryl methyl sites for hydroxylation is 1. The Hall–Kier alpha value is -1.98. The lowest BCUT2D eigenvalue weighted by Crippen LogP contribution is -1.93. The van der Waals surface area contributed by atoms with E-state index in [1.807, 2.05) is 38.1 Å². The Morgan fingerprint density at radius 2 is 1.95 bits per heavy atom. The standard InChI is InChI=1S/C16H14ClNO/c1-11-4-3-5-15(12(11)2)19-16-7-6-13(9-17)8-14(16)10-18/h3-8H,9H2,1-2H3. The zero-order valence-electron chi connectivity index (χ0n) is 10.9. The van der Waals surface area contributed by atoms with Gasteiger partial charge in [0.25, 0.3) is 0 Å². The van der Waals surface area contributed by atoms with E-state index in [2.05, 4.69) is 6.07 Å². The maximum Gasteiger partial charge on any atom is 0.145 e. The first-order chi connectivity index (χ1) is 9.15. The van der Waals surface area contributed by atoms with Gasteiger partial charge in [0.15, 0.2) is 0 Å². The van der Waals surface area contributed by atoms with Gasteiger partial charge in [-0.1, -0.05) is 18.2 Å². The second-order valence-electron chi connectivity index (χ2n) is 4.38. The highest BCUT2D eigenvalue weighted by atomic mass is 35.5. The summed E-state index contributed by atoms with van der Waals surface area (Å²) in [5.41, 5.74) is 3.65. The summed E-state index contributed by atoms with van der Waals surface area (Å²) < 4.78 is 5.85. The Bertz CT molecular complexity index is 644. The summed E-state index contributed by atoms with van der Waals surface area (Å²) in [5, 5.41) is 9.17. The Balaban J connectivity index is 2.39. The van der Waals surface area contributed by atoms with E-state index < -0.39 is 0 Å². The molecular weight excluding hydrogens is 258 g/mol. The van der Waals surface area contributed by atoms with Gasteiger partial charge in [-0.25, -0.2) is 0 Å². The van der Waals surface area contributed by atoms with Crippen molar-refractivity contribution in [2.75, 3.05) is 0 Å². The van der Waals surface area contributed by atoms with E-state index in [-0.39, 0.29) is 0 Å². The fourth-order valence-electron chi connectivity index (χ4n) is 1.79. The van der Waals surface area contributed by atoms with Crippen LogP contribution < -0.4 is 4.74 Å².